The van der Waals surface area contributed by atoms with E-state index in [1.54, 1.807) is 0 Å². The van der Waals surface area contributed by atoms with Crippen LogP contribution >= 0.6 is 22.6 Å². The lowest BCUT2D eigenvalue weighted by atomic mass is 9.88. The standard InChI is InChI=1S/C35H45IO11/c1-20-26(39-17-21-13-9-7-10-14-21)28(40-18-22-15-11-8-12-16-22)24(25(36)31(37)38-6)32(42-20)41-19-23-27-29(45-34(2,3)44-27)30-33(43-23)47-35(4,5)46-30/h7-16,20,23-30,32-33H,17-19H2,1-6H3/t20-,23+,24-,25+,26-,27-,28-,29-,30+,32-,33+/m0/s1. The van der Waals surface area contributed by atoms with Gasteiger partial charge in [-0.3, -0.25) is 4.79 Å². The summed E-state index contributed by atoms with van der Waals surface area (Å²) >= 11 is 2.09. The lowest BCUT2D eigenvalue weighted by Gasteiger charge is -2.47. The molecule has 0 aliphatic carbocycles. The second-order valence-electron chi connectivity index (χ2n) is 13.3. The van der Waals surface area contributed by atoms with Gasteiger partial charge >= 0.3 is 5.97 Å². The first-order valence-corrected chi connectivity index (χ1v) is 17.4. The topological polar surface area (TPSA) is 109 Å². The summed E-state index contributed by atoms with van der Waals surface area (Å²) in [5.74, 6) is -2.70. The quantitative estimate of drug-likeness (QED) is 0.177. The van der Waals surface area contributed by atoms with Crippen molar-refractivity contribution in [3.63, 3.8) is 0 Å². The van der Waals surface area contributed by atoms with E-state index in [4.69, 9.17) is 47.4 Å². The molecule has 258 valence electrons. The SMILES string of the molecule is COC(=O)[C@H](I)[C@@H]1[C@@H](OC[C@H]2O[C@@H]3OC(C)(C)O[C@@H]3[C@H]3OC(C)(C)O[C@H]32)O[C@@H](C)[C@H](OCc2ccccc2)[C@H]1OCc1ccccc1. The summed E-state index contributed by atoms with van der Waals surface area (Å²) in [6.45, 7) is 10.1. The summed E-state index contributed by atoms with van der Waals surface area (Å²) in [5, 5.41) is 0. The Morgan fingerprint density at radius 1 is 0.766 bits per heavy atom. The molecule has 11 nitrogen and oxygen atoms in total. The molecule has 0 spiro atoms. The van der Waals surface area contributed by atoms with Gasteiger partial charge in [0.25, 0.3) is 0 Å². The Bertz CT molecular complexity index is 1330. The fraction of sp³-hybridized carbons (Fsp3) is 0.629. The van der Waals surface area contributed by atoms with Crippen molar-refractivity contribution in [2.24, 2.45) is 5.92 Å². The van der Waals surface area contributed by atoms with Crippen molar-refractivity contribution in [3.05, 3.63) is 71.8 Å². The van der Waals surface area contributed by atoms with E-state index in [2.05, 4.69) is 22.6 Å². The van der Waals surface area contributed by atoms with Crippen LogP contribution in [0, 0.1) is 5.92 Å². The van der Waals surface area contributed by atoms with Crippen LogP contribution < -0.4 is 0 Å². The van der Waals surface area contributed by atoms with E-state index in [9.17, 15) is 4.79 Å². The average Bonchev–Trinajstić information content (AvgIpc) is 3.55. The van der Waals surface area contributed by atoms with Crippen LogP contribution in [0.25, 0.3) is 0 Å². The Labute approximate surface area is 289 Å². The number of carbonyl (C=O) groups is 1. The molecule has 4 heterocycles. The molecule has 6 rings (SSSR count). The highest BCUT2D eigenvalue weighted by Gasteiger charge is 2.61. The van der Waals surface area contributed by atoms with Crippen LogP contribution in [0.2, 0.25) is 0 Å². The highest BCUT2D eigenvalue weighted by molar-refractivity contribution is 14.1. The second kappa shape index (κ2) is 14.6. The summed E-state index contributed by atoms with van der Waals surface area (Å²) in [7, 11) is 1.37. The van der Waals surface area contributed by atoms with Crippen LogP contribution in [-0.4, -0.2) is 90.5 Å². The predicted octanol–water partition coefficient (Wildman–Crippen LogP) is 4.91. The van der Waals surface area contributed by atoms with E-state index in [-0.39, 0.29) is 6.61 Å². The molecule has 0 aromatic heterocycles. The predicted molar refractivity (Wildman–Crippen MR) is 176 cm³/mol. The Hall–Kier alpha value is -1.72. The zero-order chi connectivity index (χ0) is 33.3. The minimum atomic E-state index is -0.865. The van der Waals surface area contributed by atoms with Crippen molar-refractivity contribution in [1.82, 2.24) is 0 Å². The van der Waals surface area contributed by atoms with E-state index in [1.807, 2.05) is 95.3 Å². The zero-order valence-corrected chi connectivity index (χ0v) is 29.8. The van der Waals surface area contributed by atoms with Crippen molar-refractivity contribution in [2.45, 2.75) is 119 Å². The molecule has 4 aliphatic heterocycles. The van der Waals surface area contributed by atoms with E-state index in [0.29, 0.717) is 13.2 Å². The summed E-state index contributed by atoms with van der Waals surface area (Å²) in [4.78, 5) is 13.1. The molecule has 11 atom stereocenters. The van der Waals surface area contributed by atoms with Crippen molar-refractivity contribution in [2.75, 3.05) is 13.7 Å². The fourth-order valence-corrected chi connectivity index (χ4v) is 7.73. The smallest absolute Gasteiger partial charge is 0.319 e. The van der Waals surface area contributed by atoms with Gasteiger partial charge in [-0.2, -0.15) is 0 Å². The molecule has 0 bridgehead atoms. The van der Waals surface area contributed by atoms with Crippen LogP contribution in [-0.2, 0) is 65.4 Å². The maximum absolute atomic E-state index is 13.1. The highest BCUT2D eigenvalue weighted by atomic mass is 127. The monoisotopic (exact) mass is 768 g/mol. The van der Waals surface area contributed by atoms with Crippen LogP contribution in [0.5, 0.6) is 0 Å². The molecule has 47 heavy (non-hydrogen) atoms. The van der Waals surface area contributed by atoms with Gasteiger partial charge in [0, 0.05) is 0 Å². The number of ether oxygens (including phenoxy) is 10. The normalized spacial score (nSPS) is 36.3. The summed E-state index contributed by atoms with van der Waals surface area (Å²) < 4.78 is 62.0. The zero-order valence-electron chi connectivity index (χ0n) is 27.6. The molecule has 2 aromatic rings. The molecule has 4 aliphatic rings. The highest BCUT2D eigenvalue weighted by Crippen LogP contribution is 2.45. The minimum Gasteiger partial charge on any atom is -0.468 e. The number of hydrogen-bond acceptors (Lipinski definition) is 11. The summed E-state index contributed by atoms with van der Waals surface area (Å²) in [6.07, 6.45) is -5.00. The number of rotatable bonds is 11. The van der Waals surface area contributed by atoms with Crippen LogP contribution in [0.1, 0.15) is 45.7 Å². The number of carbonyl (C=O) groups excluding carboxylic acids is 1. The maximum atomic E-state index is 13.1. The van der Waals surface area contributed by atoms with Gasteiger partial charge in [-0.25, -0.2) is 0 Å². The molecule has 0 saturated carbocycles. The van der Waals surface area contributed by atoms with Crippen LogP contribution in [0.15, 0.2) is 60.7 Å². The third kappa shape index (κ3) is 8.03. The van der Waals surface area contributed by atoms with E-state index >= 15 is 0 Å². The van der Waals surface area contributed by atoms with E-state index in [1.165, 1.54) is 7.11 Å². The molecular formula is C35H45IO11. The fourth-order valence-electron chi connectivity index (χ4n) is 6.73. The molecule has 2 aromatic carbocycles. The Morgan fingerprint density at radius 3 is 1.94 bits per heavy atom. The van der Waals surface area contributed by atoms with Gasteiger partial charge in [0.1, 0.15) is 34.4 Å². The number of alkyl halides is 1. The first-order chi connectivity index (χ1) is 22.4. The van der Waals surface area contributed by atoms with Crippen LogP contribution in [0.3, 0.4) is 0 Å². The molecular weight excluding hydrogens is 723 g/mol. The summed E-state index contributed by atoms with van der Waals surface area (Å²) in [6, 6.07) is 19.8. The average molecular weight is 769 g/mol. The summed E-state index contributed by atoms with van der Waals surface area (Å²) in [5.41, 5.74) is 2.01. The maximum Gasteiger partial charge on any atom is 0.319 e. The Kier molecular flexibility index (Phi) is 10.9. The van der Waals surface area contributed by atoms with Crippen molar-refractivity contribution in [3.8, 4) is 0 Å². The van der Waals surface area contributed by atoms with Gasteiger partial charge in [-0.15, -0.1) is 0 Å². The van der Waals surface area contributed by atoms with Gasteiger partial charge in [0.2, 0.25) is 0 Å². The largest absolute Gasteiger partial charge is 0.468 e. The van der Waals surface area contributed by atoms with Crippen molar-refractivity contribution in [1.29, 1.82) is 0 Å². The minimum absolute atomic E-state index is 0.0764. The van der Waals surface area contributed by atoms with Crippen molar-refractivity contribution >= 4 is 28.6 Å². The molecule has 4 fully saturated rings. The Balaban J connectivity index is 1.25. The van der Waals surface area contributed by atoms with Gasteiger partial charge in [-0.1, -0.05) is 83.3 Å². The molecule has 0 unspecified atom stereocenters. The molecule has 0 radical (unpaired) electrons. The van der Waals surface area contributed by atoms with Crippen molar-refractivity contribution < 1.29 is 52.2 Å². The number of fused-ring (bicyclic) bond motifs is 3. The molecule has 12 heteroatoms. The third-order valence-electron chi connectivity index (χ3n) is 8.84. The van der Waals surface area contributed by atoms with Gasteiger partial charge < -0.3 is 47.4 Å². The number of halogens is 1. The number of hydrogen-bond donors (Lipinski definition) is 0. The lowest BCUT2D eigenvalue weighted by Crippen LogP contribution is -2.61. The van der Waals surface area contributed by atoms with Gasteiger partial charge in [0.15, 0.2) is 24.2 Å². The first kappa shape index (κ1) is 35.1. The number of esters is 1. The number of benzene rings is 2. The van der Waals surface area contributed by atoms with Gasteiger partial charge in [-0.05, 0) is 45.7 Å². The van der Waals surface area contributed by atoms with Crippen LogP contribution in [0.4, 0.5) is 0 Å². The lowest BCUT2D eigenvalue weighted by molar-refractivity contribution is -0.309. The first-order valence-electron chi connectivity index (χ1n) is 16.1. The van der Waals surface area contributed by atoms with E-state index < -0.39 is 82.7 Å². The van der Waals surface area contributed by atoms with Gasteiger partial charge in [0.05, 0.1) is 45.1 Å². The third-order valence-corrected chi connectivity index (χ3v) is 10.2. The van der Waals surface area contributed by atoms with E-state index in [0.717, 1.165) is 11.1 Å². The molecule has 0 amide bonds. The molecule has 4 saturated heterocycles. The second-order valence-corrected chi connectivity index (χ2v) is 14.6. The number of methoxy groups -OCH3 is 1. The molecule has 0 N–H and O–H groups in total. The Morgan fingerprint density at radius 2 is 1.32 bits per heavy atom.